The summed E-state index contributed by atoms with van der Waals surface area (Å²) in [5.41, 5.74) is 6.96. The van der Waals surface area contributed by atoms with Crippen molar-refractivity contribution in [3.05, 3.63) is 46.3 Å². The maximum atomic E-state index is 5.87. The predicted molar refractivity (Wildman–Crippen MR) is 80.4 cm³/mol. The molecule has 19 heavy (non-hydrogen) atoms. The lowest BCUT2D eigenvalue weighted by atomic mass is 10.1. The first kappa shape index (κ1) is 12.6. The van der Waals surface area contributed by atoms with Crippen LogP contribution in [0.15, 0.2) is 35.8 Å². The maximum absolute atomic E-state index is 5.87. The SMILES string of the molecule is CC(N)c1ccc(N(Cc2cccs2)C2CC2)nc1. The molecule has 0 aliphatic heterocycles. The number of thiophene rings is 1. The van der Waals surface area contributed by atoms with Crippen molar-refractivity contribution in [2.24, 2.45) is 5.73 Å². The molecule has 2 heterocycles. The van der Waals surface area contributed by atoms with E-state index in [-0.39, 0.29) is 6.04 Å². The first-order valence-electron chi connectivity index (χ1n) is 6.74. The number of anilines is 1. The first-order chi connectivity index (χ1) is 9.24. The van der Waals surface area contributed by atoms with Crippen molar-refractivity contribution in [3.63, 3.8) is 0 Å². The van der Waals surface area contributed by atoms with Crippen LogP contribution in [0.25, 0.3) is 0 Å². The Labute approximate surface area is 118 Å². The summed E-state index contributed by atoms with van der Waals surface area (Å²) in [6, 6.07) is 9.21. The van der Waals surface area contributed by atoms with Crippen molar-refractivity contribution in [1.29, 1.82) is 0 Å². The molecule has 1 fully saturated rings. The summed E-state index contributed by atoms with van der Waals surface area (Å²) in [6.07, 6.45) is 4.47. The average Bonchev–Trinajstić information content (AvgIpc) is 3.13. The molecular formula is C15H19N3S. The lowest BCUT2D eigenvalue weighted by molar-refractivity contribution is 0.775. The highest BCUT2D eigenvalue weighted by atomic mass is 32.1. The molecular weight excluding hydrogens is 254 g/mol. The molecule has 2 N–H and O–H groups in total. The van der Waals surface area contributed by atoms with Crippen LogP contribution in [-0.4, -0.2) is 11.0 Å². The van der Waals surface area contributed by atoms with Crippen molar-refractivity contribution in [2.45, 2.75) is 38.4 Å². The van der Waals surface area contributed by atoms with Gasteiger partial charge in [0.05, 0.1) is 6.54 Å². The van der Waals surface area contributed by atoms with E-state index in [1.807, 2.05) is 24.5 Å². The highest BCUT2D eigenvalue weighted by Gasteiger charge is 2.30. The topological polar surface area (TPSA) is 42.1 Å². The quantitative estimate of drug-likeness (QED) is 0.908. The average molecular weight is 273 g/mol. The molecule has 3 rings (SSSR count). The molecule has 0 saturated heterocycles. The van der Waals surface area contributed by atoms with Crippen molar-refractivity contribution in [2.75, 3.05) is 4.90 Å². The Balaban J connectivity index is 1.79. The van der Waals surface area contributed by atoms with Gasteiger partial charge in [-0.2, -0.15) is 0 Å². The molecule has 4 heteroatoms. The predicted octanol–water partition coefficient (Wildman–Crippen LogP) is 3.33. The molecule has 0 spiro atoms. The van der Waals surface area contributed by atoms with Crippen molar-refractivity contribution in [1.82, 2.24) is 4.98 Å². The van der Waals surface area contributed by atoms with E-state index in [1.165, 1.54) is 17.7 Å². The minimum Gasteiger partial charge on any atom is -0.348 e. The molecule has 0 aromatic carbocycles. The molecule has 3 nitrogen and oxygen atoms in total. The molecule has 1 atom stereocenters. The van der Waals surface area contributed by atoms with Gasteiger partial charge in [-0.15, -0.1) is 11.3 Å². The standard InChI is InChI=1S/C15H19N3S/c1-11(16)12-4-7-15(17-9-12)18(13-5-6-13)10-14-3-2-8-19-14/h2-4,7-9,11,13H,5-6,10,16H2,1H3. The fourth-order valence-electron chi connectivity index (χ4n) is 2.19. The van der Waals surface area contributed by atoms with Gasteiger partial charge in [-0.1, -0.05) is 12.1 Å². The van der Waals surface area contributed by atoms with Gasteiger partial charge in [0.1, 0.15) is 5.82 Å². The van der Waals surface area contributed by atoms with Crippen LogP contribution < -0.4 is 10.6 Å². The summed E-state index contributed by atoms with van der Waals surface area (Å²) in [6.45, 7) is 2.95. The fourth-order valence-corrected chi connectivity index (χ4v) is 2.89. The molecule has 2 aromatic rings. The van der Waals surface area contributed by atoms with E-state index in [1.54, 1.807) is 0 Å². The second kappa shape index (κ2) is 5.31. The second-order valence-electron chi connectivity index (χ2n) is 5.18. The molecule has 2 aromatic heterocycles. The summed E-state index contributed by atoms with van der Waals surface area (Å²) < 4.78 is 0. The van der Waals surface area contributed by atoms with Crippen molar-refractivity contribution < 1.29 is 0 Å². The molecule has 0 amide bonds. The van der Waals surface area contributed by atoms with Gasteiger partial charge in [-0.25, -0.2) is 4.98 Å². The third kappa shape index (κ3) is 2.96. The fraction of sp³-hybridized carbons (Fsp3) is 0.400. The number of pyridine rings is 1. The van der Waals surface area contributed by atoms with Crippen molar-refractivity contribution in [3.8, 4) is 0 Å². The summed E-state index contributed by atoms with van der Waals surface area (Å²) in [5, 5.41) is 2.13. The maximum Gasteiger partial charge on any atom is 0.129 e. The van der Waals surface area contributed by atoms with E-state index in [0.29, 0.717) is 6.04 Å². The van der Waals surface area contributed by atoms with Gasteiger partial charge in [0, 0.05) is 23.2 Å². The monoisotopic (exact) mass is 273 g/mol. The Hall–Kier alpha value is -1.39. The zero-order chi connectivity index (χ0) is 13.2. The molecule has 1 aliphatic carbocycles. The minimum atomic E-state index is 0.0493. The third-order valence-electron chi connectivity index (χ3n) is 3.48. The third-order valence-corrected chi connectivity index (χ3v) is 4.35. The van der Waals surface area contributed by atoms with E-state index in [2.05, 4.69) is 39.5 Å². The highest BCUT2D eigenvalue weighted by molar-refractivity contribution is 7.09. The lowest BCUT2D eigenvalue weighted by Gasteiger charge is -2.23. The van der Waals surface area contributed by atoms with Gasteiger partial charge in [-0.3, -0.25) is 0 Å². The summed E-state index contributed by atoms with van der Waals surface area (Å²) in [5.74, 6) is 1.07. The highest BCUT2D eigenvalue weighted by Crippen LogP contribution is 2.32. The van der Waals surface area contributed by atoms with E-state index >= 15 is 0 Å². The lowest BCUT2D eigenvalue weighted by Crippen LogP contribution is -2.25. The van der Waals surface area contributed by atoms with Crippen LogP contribution in [0.5, 0.6) is 0 Å². The van der Waals surface area contributed by atoms with Gasteiger partial charge in [0.25, 0.3) is 0 Å². The summed E-state index contributed by atoms with van der Waals surface area (Å²) >= 11 is 1.81. The number of rotatable bonds is 5. The molecule has 0 bridgehead atoms. The second-order valence-corrected chi connectivity index (χ2v) is 6.21. The van der Waals surface area contributed by atoms with Crippen LogP contribution >= 0.6 is 11.3 Å². The number of aromatic nitrogens is 1. The van der Waals surface area contributed by atoms with E-state index in [0.717, 1.165) is 17.9 Å². The van der Waals surface area contributed by atoms with Crippen LogP contribution in [0.2, 0.25) is 0 Å². The molecule has 1 unspecified atom stereocenters. The molecule has 1 saturated carbocycles. The first-order valence-corrected chi connectivity index (χ1v) is 7.62. The Kier molecular flexibility index (Phi) is 3.53. The number of hydrogen-bond donors (Lipinski definition) is 1. The van der Waals surface area contributed by atoms with E-state index in [9.17, 15) is 0 Å². The molecule has 100 valence electrons. The normalized spacial score (nSPS) is 16.3. The number of nitrogens with two attached hydrogens (primary N) is 1. The summed E-state index contributed by atoms with van der Waals surface area (Å²) in [7, 11) is 0. The van der Waals surface area contributed by atoms with Gasteiger partial charge < -0.3 is 10.6 Å². The van der Waals surface area contributed by atoms with Crippen LogP contribution in [0, 0.1) is 0 Å². The molecule has 0 radical (unpaired) electrons. The van der Waals surface area contributed by atoms with Gasteiger partial charge in [0.2, 0.25) is 0 Å². The van der Waals surface area contributed by atoms with Gasteiger partial charge in [-0.05, 0) is 42.8 Å². The minimum absolute atomic E-state index is 0.0493. The number of hydrogen-bond acceptors (Lipinski definition) is 4. The van der Waals surface area contributed by atoms with E-state index in [4.69, 9.17) is 5.73 Å². The van der Waals surface area contributed by atoms with Gasteiger partial charge in [0.15, 0.2) is 0 Å². The van der Waals surface area contributed by atoms with E-state index < -0.39 is 0 Å². The Morgan fingerprint density at radius 3 is 2.79 bits per heavy atom. The van der Waals surface area contributed by atoms with Crippen LogP contribution in [-0.2, 0) is 6.54 Å². The Bertz CT molecular complexity index is 515. The zero-order valence-electron chi connectivity index (χ0n) is 11.1. The number of nitrogens with zero attached hydrogens (tertiary/aromatic N) is 2. The Morgan fingerprint density at radius 2 is 2.26 bits per heavy atom. The largest absolute Gasteiger partial charge is 0.348 e. The van der Waals surface area contributed by atoms with Crippen molar-refractivity contribution >= 4 is 17.2 Å². The smallest absolute Gasteiger partial charge is 0.129 e. The van der Waals surface area contributed by atoms with Crippen LogP contribution in [0.1, 0.15) is 36.2 Å². The molecule has 1 aliphatic rings. The zero-order valence-corrected chi connectivity index (χ0v) is 11.9. The van der Waals surface area contributed by atoms with Crippen LogP contribution in [0.4, 0.5) is 5.82 Å². The van der Waals surface area contributed by atoms with Crippen LogP contribution in [0.3, 0.4) is 0 Å². The Morgan fingerprint density at radius 1 is 1.42 bits per heavy atom. The summed E-state index contributed by atoms with van der Waals surface area (Å²) in [4.78, 5) is 8.40. The van der Waals surface area contributed by atoms with Gasteiger partial charge >= 0.3 is 0 Å².